The third-order valence-electron chi connectivity index (χ3n) is 1.67. The second-order valence-corrected chi connectivity index (χ2v) is 3.31. The maximum absolute atomic E-state index is 5.17. The lowest BCUT2D eigenvalue weighted by molar-refractivity contribution is 0.363. The van der Waals surface area contributed by atoms with E-state index in [2.05, 4.69) is 0 Å². The Bertz CT molecular complexity index is 320. The highest BCUT2D eigenvalue weighted by molar-refractivity contribution is 7.25. The molecule has 0 aliphatic carbocycles. The van der Waals surface area contributed by atoms with Gasteiger partial charge >= 0.3 is 0 Å². The molecule has 0 spiro atoms. The zero-order valence-corrected chi connectivity index (χ0v) is 7.20. The van der Waals surface area contributed by atoms with Crippen molar-refractivity contribution in [3.8, 4) is 11.5 Å². The van der Waals surface area contributed by atoms with Gasteiger partial charge in [-0.25, -0.2) is 0 Å². The summed E-state index contributed by atoms with van der Waals surface area (Å²) in [7, 11) is 3.33. The number of hydrogen-bond donors (Lipinski definition) is 0. The quantitative estimate of drug-likeness (QED) is 0.685. The summed E-state index contributed by atoms with van der Waals surface area (Å²) in [4.78, 5) is 0. The molecule has 0 aliphatic heterocycles. The zero-order valence-electron chi connectivity index (χ0n) is 6.38. The van der Waals surface area contributed by atoms with Crippen LogP contribution >= 0.6 is 11.3 Å². The summed E-state index contributed by atoms with van der Waals surface area (Å²) >= 11 is 1.69. The normalized spacial score (nSPS) is 10.7. The second kappa shape index (κ2) is 2.27. The SMILES string of the molecule is COc1c(OC)c2ccc1s2. The van der Waals surface area contributed by atoms with Crippen LogP contribution in [0.2, 0.25) is 0 Å². The molecule has 2 rings (SSSR count). The van der Waals surface area contributed by atoms with Crippen LogP contribution in [0.5, 0.6) is 11.5 Å². The van der Waals surface area contributed by atoms with Gasteiger partial charge in [0.05, 0.1) is 23.6 Å². The average Bonchev–Trinajstić information content (AvgIpc) is 2.60. The van der Waals surface area contributed by atoms with Crippen LogP contribution in [0.1, 0.15) is 0 Å². The maximum atomic E-state index is 5.17. The minimum atomic E-state index is 0.870. The van der Waals surface area contributed by atoms with Gasteiger partial charge in [0.15, 0.2) is 11.5 Å². The number of thiophene rings is 2. The Labute approximate surface area is 68.7 Å². The molecule has 0 atom stereocenters. The van der Waals surface area contributed by atoms with Crippen molar-refractivity contribution < 1.29 is 9.47 Å². The Morgan fingerprint density at radius 1 is 1.00 bits per heavy atom. The van der Waals surface area contributed by atoms with Gasteiger partial charge < -0.3 is 9.47 Å². The highest BCUT2D eigenvalue weighted by Crippen LogP contribution is 2.45. The summed E-state index contributed by atoms with van der Waals surface area (Å²) in [5.74, 6) is 1.74. The first-order valence-corrected chi connectivity index (χ1v) is 4.11. The lowest BCUT2D eigenvalue weighted by atomic mass is 10.3. The predicted octanol–water partition coefficient (Wildman–Crippen LogP) is 2.36. The second-order valence-electron chi connectivity index (χ2n) is 2.23. The molecule has 0 radical (unpaired) electrons. The number of ether oxygens (including phenoxy) is 2. The Balaban J connectivity index is 2.67. The lowest BCUT2D eigenvalue weighted by Gasteiger charge is -2.02. The van der Waals surface area contributed by atoms with Gasteiger partial charge in [-0.1, -0.05) is 0 Å². The Morgan fingerprint density at radius 3 is 1.82 bits per heavy atom. The number of rotatable bonds is 2. The van der Waals surface area contributed by atoms with Crippen LogP contribution in [0.3, 0.4) is 0 Å². The largest absolute Gasteiger partial charge is 0.491 e. The van der Waals surface area contributed by atoms with Gasteiger partial charge in [-0.3, -0.25) is 0 Å². The van der Waals surface area contributed by atoms with Crippen LogP contribution in [0.15, 0.2) is 12.1 Å². The van der Waals surface area contributed by atoms with E-state index < -0.39 is 0 Å². The van der Waals surface area contributed by atoms with Crippen molar-refractivity contribution in [1.29, 1.82) is 0 Å². The molecule has 0 N–H and O–H groups in total. The number of benzene rings is 1. The molecule has 0 unspecified atom stereocenters. The van der Waals surface area contributed by atoms with Gasteiger partial charge in [0.25, 0.3) is 0 Å². The van der Waals surface area contributed by atoms with Crippen LogP contribution in [-0.2, 0) is 0 Å². The number of hydrogen-bond acceptors (Lipinski definition) is 3. The molecule has 2 aromatic rings. The summed E-state index contributed by atoms with van der Waals surface area (Å²) in [5, 5.41) is 0. The van der Waals surface area contributed by atoms with E-state index in [1.165, 1.54) is 0 Å². The van der Waals surface area contributed by atoms with Crippen LogP contribution in [0, 0.1) is 0 Å². The summed E-state index contributed by atoms with van der Waals surface area (Å²) < 4.78 is 12.7. The molecule has 2 heterocycles. The molecular weight excluding hydrogens is 160 g/mol. The minimum Gasteiger partial charge on any atom is -0.491 e. The fourth-order valence-corrected chi connectivity index (χ4v) is 2.24. The number of methoxy groups -OCH3 is 2. The lowest BCUT2D eigenvalue weighted by Crippen LogP contribution is -1.87. The average molecular weight is 168 g/mol. The van der Waals surface area contributed by atoms with E-state index in [4.69, 9.17) is 9.47 Å². The highest BCUT2D eigenvalue weighted by atomic mass is 32.1. The first kappa shape index (κ1) is 6.73. The van der Waals surface area contributed by atoms with Crippen molar-refractivity contribution in [2.45, 2.75) is 0 Å². The monoisotopic (exact) mass is 168 g/mol. The molecule has 2 bridgehead atoms. The van der Waals surface area contributed by atoms with E-state index in [9.17, 15) is 0 Å². The van der Waals surface area contributed by atoms with E-state index in [1.807, 2.05) is 12.1 Å². The van der Waals surface area contributed by atoms with Gasteiger partial charge in [0.1, 0.15) is 0 Å². The number of fused-ring (bicyclic) bond motifs is 2. The summed E-state index contributed by atoms with van der Waals surface area (Å²) in [6.45, 7) is 0. The minimum absolute atomic E-state index is 0.870. The zero-order chi connectivity index (χ0) is 7.84. The molecule has 0 aromatic carbocycles. The Hall–Kier alpha value is -0.960. The van der Waals surface area contributed by atoms with E-state index in [0.717, 1.165) is 20.9 Å². The fourth-order valence-electron chi connectivity index (χ4n) is 1.19. The van der Waals surface area contributed by atoms with Crippen LogP contribution in [0.4, 0.5) is 0 Å². The van der Waals surface area contributed by atoms with Gasteiger partial charge in [-0.15, -0.1) is 11.3 Å². The molecule has 0 fully saturated rings. The topological polar surface area (TPSA) is 18.5 Å². The molecule has 3 heteroatoms. The molecule has 0 amide bonds. The third-order valence-corrected chi connectivity index (χ3v) is 2.75. The molecule has 0 saturated carbocycles. The van der Waals surface area contributed by atoms with Crippen molar-refractivity contribution in [2.24, 2.45) is 0 Å². The van der Waals surface area contributed by atoms with Crippen LogP contribution in [-0.4, -0.2) is 14.2 Å². The molecule has 58 valence electrons. The highest BCUT2D eigenvalue weighted by Gasteiger charge is 2.14. The molecule has 2 aromatic heterocycles. The van der Waals surface area contributed by atoms with Crippen molar-refractivity contribution in [3.05, 3.63) is 12.1 Å². The van der Waals surface area contributed by atoms with E-state index in [-0.39, 0.29) is 0 Å². The predicted molar refractivity (Wildman–Crippen MR) is 46.1 cm³/mol. The van der Waals surface area contributed by atoms with Gasteiger partial charge in [-0.2, -0.15) is 0 Å². The Morgan fingerprint density at radius 2 is 1.45 bits per heavy atom. The van der Waals surface area contributed by atoms with E-state index in [1.54, 1.807) is 25.6 Å². The first-order valence-electron chi connectivity index (χ1n) is 3.29. The van der Waals surface area contributed by atoms with Crippen molar-refractivity contribution in [3.63, 3.8) is 0 Å². The van der Waals surface area contributed by atoms with E-state index >= 15 is 0 Å². The summed E-state index contributed by atoms with van der Waals surface area (Å²) in [5.41, 5.74) is 0. The van der Waals surface area contributed by atoms with Gasteiger partial charge in [-0.05, 0) is 12.1 Å². The van der Waals surface area contributed by atoms with E-state index in [0.29, 0.717) is 0 Å². The summed E-state index contributed by atoms with van der Waals surface area (Å²) in [6, 6.07) is 4.09. The smallest absolute Gasteiger partial charge is 0.179 e. The molecule has 0 aliphatic rings. The third kappa shape index (κ3) is 0.775. The molecule has 11 heavy (non-hydrogen) atoms. The van der Waals surface area contributed by atoms with Crippen molar-refractivity contribution in [2.75, 3.05) is 14.2 Å². The molecular formula is C8H8O2S. The van der Waals surface area contributed by atoms with Gasteiger partial charge in [0, 0.05) is 0 Å². The van der Waals surface area contributed by atoms with Crippen molar-refractivity contribution in [1.82, 2.24) is 0 Å². The van der Waals surface area contributed by atoms with Crippen molar-refractivity contribution >= 4 is 20.7 Å². The van der Waals surface area contributed by atoms with Gasteiger partial charge in [0.2, 0.25) is 0 Å². The van der Waals surface area contributed by atoms with Crippen LogP contribution < -0.4 is 9.47 Å². The fraction of sp³-hybridized carbons (Fsp3) is 0.250. The first-order chi connectivity index (χ1) is 5.36. The summed E-state index contributed by atoms with van der Waals surface area (Å²) in [6.07, 6.45) is 0. The Kier molecular flexibility index (Phi) is 1.39. The maximum Gasteiger partial charge on any atom is 0.179 e. The molecule has 2 nitrogen and oxygen atoms in total. The van der Waals surface area contributed by atoms with Crippen LogP contribution in [0.25, 0.3) is 9.40 Å². The standard InChI is InChI=1S/C8H8O2S/c1-9-7-5-3-4-6(11-5)8(7)10-2/h3-4H,1-2H3. The molecule has 0 saturated heterocycles.